The minimum absolute atomic E-state index is 0.000942. The summed E-state index contributed by atoms with van der Waals surface area (Å²) in [5, 5.41) is 18.5. The van der Waals surface area contributed by atoms with Crippen LogP contribution in [0.3, 0.4) is 0 Å². The van der Waals surface area contributed by atoms with E-state index in [1.165, 1.54) is 65.5 Å². The molecule has 1 saturated heterocycles. The molecule has 4 rings (SSSR count). The molecule has 0 aromatic heterocycles. The number of amides is 1. The summed E-state index contributed by atoms with van der Waals surface area (Å²) in [6, 6.07) is 0. The van der Waals surface area contributed by atoms with Crippen LogP contribution in [0.5, 0.6) is 0 Å². The van der Waals surface area contributed by atoms with Crippen LogP contribution in [-0.2, 0) is 9.47 Å². The van der Waals surface area contributed by atoms with Crippen LogP contribution in [0.4, 0.5) is 4.79 Å². The van der Waals surface area contributed by atoms with E-state index in [-0.39, 0.29) is 29.3 Å². The first kappa shape index (κ1) is 26.5. The van der Waals surface area contributed by atoms with Gasteiger partial charge in [-0.05, 0) is 86.4 Å². The summed E-state index contributed by atoms with van der Waals surface area (Å²) in [6.45, 7) is 8.12. The number of hydrogen-bond donors (Lipinski definition) is 2. The lowest BCUT2D eigenvalue weighted by Crippen LogP contribution is -2.43. The molecule has 0 spiro atoms. The molecule has 1 heterocycles. The lowest BCUT2D eigenvalue weighted by molar-refractivity contribution is -0.182. The number of rotatable bonds is 6. The summed E-state index contributed by atoms with van der Waals surface area (Å²) >= 11 is 0. The minimum atomic E-state index is -0.907. The molecule has 6 heteroatoms. The molecule has 2 N–H and O–H groups in total. The third-order valence-corrected chi connectivity index (χ3v) is 8.62. The molecule has 3 saturated carbocycles. The van der Waals surface area contributed by atoms with Gasteiger partial charge in [0.25, 0.3) is 0 Å². The average molecular weight is 466 g/mol. The minimum Gasteiger partial charge on any atom is -0.465 e. The van der Waals surface area contributed by atoms with Crippen molar-refractivity contribution >= 4 is 6.09 Å². The molecule has 6 unspecified atom stereocenters. The number of aliphatic hydroxyl groups excluding tert-OH is 1. The highest BCUT2D eigenvalue weighted by molar-refractivity contribution is 5.63. The molecule has 1 aliphatic heterocycles. The molecule has 6 nitrogen and oxygen atoms in total. The molecule has 190 valence electrons. The normalized spacial score (nSPS) is 35.5. The number of nitrogens with zero attached hydrogens (tertiary/aromatic N) is 1. The molecule has 4 aliphatic rings. The Kier molecular flexibility index (Phi) is 8.90. The second-order valence-electron chi connectivity index (χ2n) is 11.8. The Morgan fingerprint density at radius 2 is 1.82 bits per heavy atom. The van der Waals surface area contributed by atoms with Crippen LogP contribution in [-0.4, -0.2) is 60.4 Å². The summed E-state index contributed by atoms with van der Waals surface area (Å²) in [5.41, 5.74) is 0.429. The summed E-state index contributed by atoms with van der Waals surface area (Å²) in [5.74, 6) is 1.83. The lowest BCUT2D eigenvalue weighted by Gasteiger charge is -2.48. The fourth-order valence-corrected chi connectivity index (χ4v) is 6.56. The zero-order valence-electron chi connectivity index (χ0n) is 21.5. The van der Waals surface area contributed by atoms with E-state index >= 15 is 0 Å². The van der Waals surface area contributed by atoms with Crippen LogP contribution >= 0.6 is 0 Å². The highest BCUT2D eigenvalue weighted by Crippen LogP contribution is 2.60. The number of allylic oxidation sites excluding steroid dienone is 1. The van der Waals surface area contributed by atoms with Crippen molar-refractivity contribution in [3.63, 3.8) is 0 Å². The Balaban J connectivity index is 0.000000454. The fourth-order valence-electron chi connectivity index (χ4n) is 6.56. The smallest absolute Gasteiger partial charge is 0.406 e. The molecule has 0 aromatic carbocycles. The summed E-state index contributed by atoms with van der Waals surface area (Å²) in [7, 11) is 2.95. The Morgan fingerprint density at radius 3 is 2.39 bits per heavy atom. The van der Waals surface area contributed by atoms with Gasteiger partial charge >= 0.3 is 6.09 Å². The molecular formula is C27H47NO5. The van der Waals surface area contributed by atoms with Gasteiger partial charge in [0.2, 0.25) is 0 Å². The van der Waals surface area contributed by atoms with Crippen molar-refractivity contribution in [1.82, 2.24) is 4.90 Å². The Labute approximate surface area is 200 Å². The Morgan fingerprint density at radius 1 is 1.12 bits per heavy atom. The van der Waals surface area contributed by atoms with E-state index in [0.29, 0.717) is 17.8 Å². The van der Waals surface area contributed by atoms with Crippen LogP contribution in [0.15, 0.2) is 12.2 Å². The zero-order chi connectivity index (χ0) is 24.2. The molecule has 0 bridgehead atoms. The number of hydrogen-bond acceptors (Lipinski definition) is 4. The average Bonchev–Trinajstić information content (AvgIpc) is 3.53. The molecule has 33 heavy (non-hydrogen) atoms. The van der Waals surface area contributed by atoms with Gasteiger partial charge in [-0.25, -0.2) is 4.79 Å². The predicted octanol–water partition coefficient (Wildman–Crippen LogP) is 5.69. The highest BCUT2D eigenvalue weighted by Gasteiger charge is 2.54. The highest BCUT2D eigenvalue weighted by atomic mass is 16.7. The number of aliphatic hydroxyl groups is 1. The monoisotopic (exact) mass is 465 g/mol. The number of carbonyl (C=O) groups is 1. The standard InChI is InChI=1S/C24H40O3.C3H7NO2/c1-23(2,21-12-11-18-19(25)7-6-14-24(18,21)3)15-13-20(17-9-10-17)27-22-8-4-5-16-26-22;1-4(2)3(5)6/h13,15,17-22,25H,4-12,14,16H2,1-3H3;1-2H3,(H,5,6). The van der Waals surface area contributed by atoms with Crippen molar-refractivity contribution in [2.45, 2.75) is 103 Å². The van der Waals surface area contributed by atoms with Gasteiger partial charge in [0.1, 0.15) is 0 Å². The maximum absolute atomic E-state index is 10.6. The van der Waals surface area contributed by atoms with Gasteiger partial charge in [-0.1, -0.05) is 39.3 Å². The van der Waals surface area contributed by atoms with Gasteiger partial charge in [-0.3, -0.25) is 0 Å². The largest absolute Gasteiger partial charge is 0.465 e. The van der Waals surface area contributed by atoms with Crippen molar-refractivity contribution in [3.8, 4) is 0 Å². The Hall–Kier alpha value is -1.11. The number of ether oxygens (including phenoxy) is 2. The first-order valence-electron chi connectivity index (χ1n) is 13.1. The van der Waals surface area contributed by atoms with Crippen LogP contribution in [0, 0.1) is 28.6 Å². The van der Waals surface area contributed by atoms with Gasteiger partial charge in [0, 0.05) is 20.7 Å². The molecule has 4 fully saturated rings. The SMILES string of the molecule is CC(C)(C=CC(OC1CCCCO1)C1CC1)C1CCC2C(O)CCCC21C.CN(C)C(=O)O. The van der Waals surface area contributed by atoms with Crippen LogP contribution in [0.1, 0.15) is 85.0 Å². The topological polar surface area (TPSA) is 79.2 Å². The zero-order valence-corrected chi connectivity index (χ0v) is 21.5. The van der Waals surface area contributed by atoms with E-state index in [2.05, 4.69) is 32.9 Å². The van der Waals surface area contributed by atoms with Crippen molar-refractivity contribution < 1.29 is 24.5 Å². The van der Waals surface area contributed by atoms with Gasteiger partial charge in [-0.2, -0.15) is 0 Å². The first-order chi connectivity index (χ1) is 15.5. The predicted molar refractivity (Wildman–Crippen MR) is 130 cm³/mol. The lowest BCUT2D eigenvalue weighted by atomic mass is 9.58. The molecule has 6 atom stereocenters. The van der Waals surface area contributed by atoms with E-state index in [4.69, 9.17) is 14.6 Å². The summed E-state index contributed by atoms with van der Waals surface area (Å²) < 4.78 is 12.2. The fraction of sp³-hybridized carbons (Fsp3) is 0.889. The number of carboxylic acid groups (broad SMARTS) is 1. The Bertz CT molecular complexity index is 667. The number of fused-ring (bicyclic) bond motifs is 1. The van der Waals surface area contributed by atoms with Crippen molar-refractivity contribution in [1.29, 1.82) is 0 Å². The van der Waals surface area contributed by atoms with Gasteiger partial charge in [0.15, 0.2) is 6.29 Å². The molecule has 0 radical (unpaired) electrons. The molecule has 1 amide bonds. The van der Waals surface area contributed by atoms with Crippen molar-refractivity contribution in [2.24, 2.45) is 28.6 Å². The molecule has 0 aromatic rings. The first-order valence-corrected chi connectivity index (χ1v) is 13.1. The van der Waals surface area contributed by atoms with Crippen molar-refractivity contribution in [2.75, 3.05) is 20.7 Å². The van der Waals surface area contributed by atoms with Crippen LogP contribution in [0.25, 0.3) is 0 Å². The summed E-state index contributed by atoms with van der Waals surface area (Å²) in [4.78, 5) is 10.7. The maximum atomic E-state index is 10.6. The third kappa shape index (κ3) is 6.73. The van der Waals surface area contributed by atoms with E-state index in [9.17, 15) is 9.90 Å². The summed E-state index contributed by atoms with van der Waals surface area (Å²) in [6.07, 6.45) is 16.0. The maximum Gasteiger partial charge on any atom is 0.406 e. The van der Waals surface area contributed by atoms with Crippen LogP contribution in [0.2, 0.25) is 0 Å². The quantitative estimate of drug-likeness (QED) is 0.492. The van der Waals surface area contributed by atoms with Crippen LogP contribution < -0.4 is 0 Å². The van der Waals surface area contributed by atoms with E-state index in [1.54, 1.807) is 0 Å². The van der Waals surface area contributed by atoms with E-state index < -0.39 is 6.09 Å². The van der Waals surface area contributed by atoms with Crippen molar-refractivity contribution in [3.05, 3.63) is 12.2 Å². The third-order valence-electron chi connectivity index (χ3n) is 8.62. The molecular weight excluding hydrogens is 418 g/mol. The second kappa shape index (κ2) is 11.1. The van der Waals surface area contributed by atoms with E-state index in [1.807, 2.05) is 0 Å². The van der Waals surface area contributed by atoms with Gasteiger partial charge in [-0.15, -0.1) is 0 Å². The van der Waals surface area contributed by atoms with Gasteiger partial charge < -0.3 is 24.6 Å². The van der Waals surface area contributed by atoms with Gasteiger partial charge in [0.05, 0.1) is 12.2 Å². The second-order valence-corrected chi connectivity index (χ2v) is 11.8. The van der Waals surface area contributed by atoms with E-state index in [0.717, 1.165) is 24.3 Å². The molecule has 3 aliphatic carbocycles.